The van der Waals surface area contributed by atoms with Crippen LogP contribution >= 0.6 is 0 Å². The molecule has 0 fully saturated rings. The van der Waals surface area contributed by atoms with Gasteiger partial charge in [-0.05, 0) is 32.9 Å². The monoisotopic (exact) mass is 293 g/mol. The summed E-state index contributed by atoms with van der Waals surface area (Å²) >= 11 is 0. The second-order valence-corrected chi connectivity index (χ2v) is 5.61. The van der Waals surface area contributed by atoms with E-state index in [4.69, 9.17) is 5.73 Å². The highest BCUT2D eigenvalue weighted by atomic mass is 19.1. The van der Waals surface area contributed by atoms with E-state index in [-0.39, 0.29) is 22.7 Å². The quantitative estimate of drug-likeness (QED) is 0.809. The van der Waals surface area contributed by atoms with Crippen molar-refractivity contribution in [2.45, 2.75) is 26.3 Å². The van der Waals surface area contributed by atoms with E-state index in [1.165, 1.54) is 6.33 Å². The number of nitrogens with zero attached hydrogens (tertiary/aromatic N) is 2. The Hall–Kier alpha value is -2.44. The zero-order valence-corrected chi connectivity index (χ0v) is 12.0. The highest BCUT2D eigenvalue weighted by Gasteiger charge is 2.16. The Balaban J connectivity index is 2.33. The van der Waals surface area contributed by atoms with Crippen molar-refractivity contribution in [1.82, 2.24) is 9.97 Å². The maximum atomic E-state index is 13.6. The van der Waals surface area contributed by atoms with Gasteiger partial charge in [-0.2, -0.15) is 0 Å². The lowest BCUT2D eigenvalue weighted by Gasteiger charge is -2.22. The first-order valence-corrected chi connectivity index (χ1v) is 6.37. The first-order valence-electron chi connectivity index (χ1n) is 6.37. The van der Waals surface area contributed by atoms with Crippen LogP contribution < -0.4 is 16.4 Å². The molecule has 0 saturated heterocycles. The van der Waals surface area contributed by atoms with E-state index in [1.807, 2.05) is 20.8 Å². The fourth-order valence-corrected chi connectivity index (χ4v) is 1.67. The Morgan fingerprint density at radius 1 is 1.10 bits per heavy atom. The lowest BCUT2D eigenvalue weighted by atomic mass is 10.1. The molecule has 0 aliphatic carbocycles. The minimum atomic E-state index is -0.597. The molecule has 0 amide bonds. The number of hydrogen-bond acceptors (Lipinski definition) is 5. The van der Waals surface area contributed by atoms with Gasteiger partial charge < -0.3 is 16.4 Å². The van der Waals surface area contributed by atoms with Crippen LogP contribution in [0, 0.1) is 11.6 Å². The molecule has 0 atom stereocenters. The van der Waals surface area contributed by atoms with Crippen LogP contribution in [0.4, 0.5) is 31.8 Å². The number of nitrogens with one attached hydrogen (secondary N) is 2. The number of aromatic nitrogens is 2. The van der Waals surface area contributed by atoms with Gasteiger partial charge in [0.25, 0.3) is 0 Å². The number of nitrogens with two attached hydrogens (primary N) is 1. The molecule has 5 nitrogen and oxygen atoms in total. The van der Waals surface area contributed by atoms with E-state index in [0.717, 1.165) is 18.2 Å². The smallest absolute Gasteiger partial charge is 0.159 e. The van der Waals surface area contributed by atoms with E-state index in [1.54, 1.807) is 0 Å². The van der Waals surface area contributed by atoms with Crippen molar-refractivity contribution >= 4 is 23.0 Å². The van der Waals surface area contributed by atoms with Crippen LogP contribution in [0.25, 0.3) is 0 Å². The fraction of sp³-hybridized carbons (Fsp3) is 0.286. The summed E-state index contributed by atoms with van der Waals surface area (Å²) < 4.78 is 26.8. The summed E-state index contributed by atoms with van der Waals surface area (Å²) in [4.78, 5) is 8.01. The molecule has 112 valence electrons. The molecule has 2 aromatic rings. The average Bonchev–Trinajstić information content (AvgIpc) is 2.37. The zero-order valence-electron chi connectivity index (χ0n) is 12.0. The first-order chi connectivity index (χ1) is 9.76. The van der Waals surface area contributed by atoms with E-state index in [2.05, 4.69) is 20.6 Å². The van der Waals surface area contributed by atoms with Gasteiger partial charge >= 0.3 is 0 Å². The van der Waals surface area contributed by atoms with Gasteiger partial charge in [-0.3, -0.25) is 0 Å². The van der Waals surface area contributed by atoms with E-state index >= 15 is 0 Å². The summed E-state index contributed by atoms with van der Waals surface area (Å²) in [5.74, 6) is -0.516. The number of benzene rings is 1. The van der Waals surface area contributed by atoms with Crippen LogP contribution in [0.15, 0.2) is 24.5 Å². The van der Waals surface area contributed by atoms with Crippen molar-refractivity contribution in [3.8, 4) is 0 Å². The maximum absolute atomic E-state index is 13.6. The van der Waals surface area contributed by atoms with Crippen molar-refractivity contribution in [1.29, 1.82) is 0 Å². The molecule has 0 radical (unpaired) electrons. The Morgan fingerprint density at radius 3 is 2.43 bits per heavy atom. The molecular formula is C14H17F2N5. The molecule has 1 heterocycles. The predicted octanol–water partition coefficient (Wildman–Crippen LogP) is 3.29. The van der Waals surface area contributed by atoms with Gasteiger partial charge in [0.15, 0.2) is 11.6 Å². The minimum Gasteiger partial charge on any atom is -0.393 e. The van der Waals surface area contributed by atoms with Gasteiger partial charge in [-0.25, -0.2) is 18.7 Å². The summed E-state index contributed by atoms with van der Waals surface area (Å²) in [5.41, 5.74) is 5.91. The highest BCUT2D eigenvalue weighted by molar-refractivity contribution is 5.78. The molecule has 1 aromatic carbocycles. The number of hydrogen-bond donors (Lipinski definition) is 3. The Kier molecular flexibility index (Phi) is 3.93. The lowest BCUT2D eigenvalue weighted by Crippen LogP contribution is -2.27. The van der Waals surface area contributed by atoms with Crippen molar-refractivity contribution in [3.63, 3.8) is 0 Å². The van der Waals surface area contributed by atoms with Crippen molar-refractivity contribution in [3.05, 3.63) is 36.2 Å². The summed E-state index contributed by atoms with van der Waals surface area (Å²) in [5, 5.41) is 5.79. The molecule has 1 aromatic heterocycles. The molecule has 0 aliphatic heterocycles. The Bertz CT molecular complexity index is 652. The lowest BCUT2D eigenvalue weighted by molar-refractivity contribution is 0.603. The molecule has 0 aliphatic rings. The van der Waals surface area contributed by atoms with Gasteiger partial charge in [-0.15, -0.1) is 0 Å². The van der Waals surface area contributed by atoms with Gasteiger partial charge in [-0.1, -0.05) is 0 Å². The molecule has 7 heteroatoms. The van der Waals surface area contributed by atoms with Gasteiger partial charge in [0, 0.05) is 11.6 Å². The van der Waals surface area contributed by atoms with Gasteiger partial charge in [0.1, 0.15) is 23.6 Å². The number of rotatable bonds is 3. The molecule has 0 bridgehead atoms. The minimum absolute atomic E-state index is 0.0397. The van der Waals surface area contributed by atoms with Crippen LogP contribution in [0.1, 0.15) is 20.8 Å². The topological polar surface area (TPSA) is 75.9 Å². The van der Waals surface area contributed by atoms with Crippen molar-refractivity contribution in [2.75, 3.05) is 16.4 Å². The number of anilines is 4. The molecular weight excluding hydrogens is 276 g/mol. The third-order valence-corrected chi connectivity index (χ3v) is 2.56. The Labute approximate surface area is 121 Å². The van der Waals surface area contributed by atoms with Crippen LogP contribution in [0.2, 0.25) is 0 Å². The van der Waals surface area contributed by atoms with Crippen LogP contribution in [0.3, 0.4) is 0 Å². The number of halogens is 2. The predicted molar refractivity (Wildman–Crippen MR) is 79.5 cm³/mol. The van der Waals surface area contributed by atoms with E-state index < -0.39 is 11.6 Å². The highest BCUT2D eigenvalue weighted by Crippen LogP contribution is 2.28. The largest absolute Gasteiger partial charge is 0.393 e. The second kappa shape index (κ2) is 5.51. The first kappa shape index (κ1) is 15.0. The van der Waals surface area contributed by atoms with Crippen molar-refractivity contribution < 1.29 is 8.78 Å². The van der Waals surface area contributed by atoms with Gasteiger partial charge in [0.2, 0.25) is 0 Å². The van der Waals surface area contributed by atoms with Crippen LogP contribution in [-0.4, -0.2) is 15.5 Å². The fourth-order valence-electron chi connectivity index (χ4n) is 1.67. The molecule has 0 spiro atoms. The third kappa shape index (κ3) is 3.77. The van der Waals surface area contributed by atoms with Gasteiger partial charge in [0.05, 0.1) is 5.69 Å². The van der Waals surface area contributed by atoms with Crippen LogP contribution in [-0.2, 0) is 0 Å². The number of nitrogen functional groups attached to an aromatic ring is 1. The SMILES string of the molecule is CC(C)(C)Nc1ncnc(Nc2cc(F)ccc2F)c1N. The standard InChI is InChI=1S/C14H17F2N5/c1-14(2,3)21-13-11(17)12(18-7-19-13)20-10-6-8(15)4-5-9(10)16/h4-7H,17H2,1-3H3,(H2,18,19,20,21). The zero-order chi connectivity index (χ0) is 15.6. The van der Waals surface area contributed by atoms with E-state index in [0.29, 0.717) is 5.82 Å². The molecule has 0 unspecified atom stereocenters. The Morgan fingerprint density at radius 2 is 1.76 bits per heavy atom. The summed E-state index contributed by atoms with van der Waals surface area (Å²) in [6.07, 6.45) is 1.30. The molecule has 21 heavy (non-hydrogen) atoms. The second-order valence-electron chi connectivity index (χ2n) is 5.61. The van der Waals surface area contributed by atoms with E-state index in [9.17, 15) is 8.78 Å². The van der Waals surface area contributed by atoms with Crippen molar-refractivity contribution in [2.24, 2.45) is 0 Å². The molecule has 0 saturated carbocycles. The van der Waals surface area contributed by atoms with Crippen LogP contribution in [0.5, 0.6) is 0 Å². The third-order valence-electron chi connectivity index (χ3n) is 2.56. The average molecular weight is 293 g/mol. The maximum Gasteiger partial charge on any atom is 0.159 e. The molecule has 2 rings (SSSR count). The summed E-state index contributed by atoms with van der Waals surface area (Å²) in [6, 6.07) is 3.10. The summed E-state index contributed by atoms with van der Waals surface area (Å²) in [6.45, 7) is 5.86. The summed E-state index contributed by atoms with van der Waals surface area (Å²) in [7, 11) is 0. The normalized spacial score (nSPS) is 11.3. The molecule has 4 N–H and O–H groups in total.